The van der Waals surface area contributed by atoms with E-state index < -0.39 is 29.7 Å². The Morgan fingerprint density at radius 3 is 2.32 bits per heavy atom. The second-order valence-corrected chi connectivity index (χ2v) is 8.46. The van der Waals surface area contributed by atoms with Gasteiger partial charge in [0.1, 0.15) is 19.0 Å². The lowest BCUT2D eigenvalue weighted by molar-refractivity contribution is -0.192. The molecule has 0 saturated carbocycles. The van der Waals surface area contributed by atoms with Crippen LogP contribution in [0.15, 0.2) is 47.3 Å². The molecule has 0 radical (unpaired) electrons. The Bertz CT molecular complexity index is 1450. The van der Waals surface area contributed by atoms with Gasteiger partial charge in [0.05, 0.1) is 5.69 Å². The zero-order chi connectivity index (χ0) is 30.7. The standard InChI is InChI=1S/C22H24ClN7O4.C2HF3O2/c1-13-16(8-9-17(24)26-13)10-25-18(31)11-30-14(2)19(23)27-20(21(30)32)28-29-22(33)34-12-15-6-4-3-5-7-15;3-2(4,5)1(6)7/h3-9H,10-12H2,1-2H3,(H2,24,26)(H,25,31)(H,27,28)(H,29,33);(H,6,7). The van der Waals surface area contributed by atoms with E-state index in [0.29, 0.717) is 17.2 Å². The molecule has 0 bridgehead atoms. The Hall–Kier alpha value is -4.86. The van der Waals surface area contributed by atoms with Crippen molar-refractivity contribution in [3.05, 3.63) is 80.5 Å². The number of nitrogens with one attached hydrogen (secondary N) is 3. The maximum atomic E-state index is 12.8. The van der Waals surface area contributed by atoms with E-state index in [-0.39, 0.29) is 30.7 Å². The minimum absolute atomic E-state index is 0.00654. The molecule has 0 spiro atoms. The number of ether oxygens (including phenoxy) is 1. The topological polar surface area (TPSA) is 191 Å². The van der Waals surface area contributed by atoms with Crippen LogP contribution in [0.25, 0.3) is 0 Å². The number of hydrogen-bond donors (Lipinski definition) is 5. The van der Waals surface area contributed by atoms with Gasteiger partial charge in [-0.15, -0.1) is 0 Å². The highest BCUT2D eigenvalue weighted by atomic mass is 35.5. The number of benzene rings is 1. The Morgan fingerprint density at radius 2 is 1.73 bits per heavy atom. The normalized spacial score (nSPS) is 10.6. The third-order valence-corrected chi connectivity index (χ3v) is 5.45. The van der Waals surface area contributed by atoms with Gasteiger partial charge in [-0.25, -0.2) is 25.0 Å². The summed E-state index contributed by atoms with van der Waals surface area (Å²) in [7, 11) is 0. The monoisotopic (exact) mass is 599 g/mol. The maximum absolute atomic E-state index is 12.8. The van der Waals surface area contributed by atoms with Gasteiger partial charge < -0.3 is 20.9 Å². The van der Waals surface area contributed by atoms with Crippen LogP contribution in [0.4, 0.5) is 29.6 Å². The Balaban J connectivity index is 0.000000745. The third kappa shape index (κ3) is 10.3. The van der Waals surface area contributed by atoms with Crippen LogP contribution in [0.1, 0.15) is 22.5 Å². The van der Waals surface area contributed by atoms with E-state index in [4.69, 9.17) is 32.0 Å². The summed E-state index contributed by atoms with van der Waals surface area (Å²) < 4.78 is 38.0. The first-order valence-corrected chi connectivity index (χ1v) is 11.8. The number of hydrogen-bond acceptors (Lipinski definition) is 9. The summed E-state index contributed by atoms with van der Waals surface area (Å²) >= 11 is 6.13. The number of carboxylic acids is 1. The molecule has 0 aliphatic heterocycles. The SMILES string of the molecule is Cc1nc(N)ccc1CNC(=O)Cn1c(C)c(Cl)nc(NNC(=O)OCc2ccccc2)c1=O.O=C(O)C(F)(F)F. The van der Waals surface area contributed by atoms with Crippen LogP contribution in [0.2, 0.25) is 5.15 Å². The highest BCUT2D eigenvalue weighted by molar-refractivity contribution is 6.30. The fourth-order valence-corrected chi connectivity index (χ4v) is 3.14. The van der Waals surface area contributed by atoms with Gasteiger partial charge in [-0.3, -0.25) is 19.6 Å². The van der Waals surface area contributed by atoms with Gasteiger partial charge in [-0.05, 0) is 31.0 Å². The molecule has 2 amide bonds. The van der Waals surface area contributed by atoms with Crippen LogP contribution >= 0.6 is 11.6 Å². The van der Waals surface area contributed by atoms with E-state index >= 15 is 0 Å². The number of alkyl halides is 3. The molecule has 2 aromatic heterocycles. The predicted molar refractivity (Wildman–Crippen MR) is 141 cm³/mol. The van der Waals surface area contributed by atoms with Crippen molar-refractivity contribution in [1.29, 1.82) is 0 Å². The van der Waals surface area contributed by atoms with Crippen molar-refractivity contribution < 1.29 is 37.4 Å². The van der Waals surface area contributed by atoms with Gasteiger partial charge in [0.2, 0.25) is 11.7 Å². The van der Waals surface area contributed by atoms with Crippen LogP contribution in [-0.2, 0) is 34.0 Å². The number of carboxylic acid groups (broad SMARTS) is 1. The molecule has 41 heavy (non-hydrogen) atoms. The molecule has 220 valence electrons. The molecule has 0 aliphatic rings. The first-order chi connectivity index (χ1) is 19.2. The number of hydrazine groups is 1. The van der Waals surface area contributed by atoms with E-state index in [1.807, 2.05) is 18.2 Å². The lowest BCUT2D eigenvalue weighted by Gasteiger charge is -2.14. The minimum Gasteiger partial charge on any atom is -0.475 e. The van der Waals surface area contributed by atoms with Crippen molar-refractivity contribution >= 4 is 41.2 Å². The molecule has 0 aliphatic carbocycles. The smallest absolute Gasteiger partial charge is 0.475 e. The first-order valence-electron chi connectivity index (χ1n) is 11.5. The summed E-state index contributed by atoms with van der Waals surface area (Å²) in [6.45, 7) is 3.30. The van der Waals surface area contributed by atoms with Crippen molar-refractivity contribution in [3.8, 4) is 0 Å². The Morgan fingerprint density at radius 1 is 1.10 bits per heavy atom. The summed E-state index contributed by atoms with van der Waals surface area (Å²) in [6, 6.07) is 12.5. The highest BCUT2D eigenvalue weighted by Crippen LogP contribution is 2.14. The summed E-state index contributed by atoms with van der Waals surface area (Å²) in [5, 5.41) is 9.85. The zero-order valence-corrected chi connectivity index (χ0v) is 22.3. The number of aliphatic carboxylic acids is 1. The van der Waals surface area contributed by atoms with Gasteiger partial charge in [-0.2, -0.15) is 13.2 Å². The third-order valence-electron chi connectivity index (χ3n) is 5.09. The van der Waals surface area contributed by atoms with Crippen molar-refractivity contribution in [1.82, 2.24) is 25.3 Å². The largest absolute Gasteiger partial charge is 0.490 e. The maximum Gasteiger partial charge on any atom is 0.490 e. The fourth-order valence-electron chi connectivity index (χ4n) is 2.95. The number of halogens is 4. The van der Waals surface area contributed by atoms with Crippen LogP contribution in [-0.4, -0.2) is 43.8 Å². The fraction of sp³-hybridized carbons (Fsp3) is 0.250. The number of nitrogens with zero attached hydrogens (tertiary/aromatic N) is 3. The number of anilines is 2. The summed E-state index contributed by atoms with van der Waals surface area (Å²) in [4.78, 5) is 54.2. The molecule has 0 fully saturated rings. The first kappa shape index (κ1) is 32.4. The average Bonchev–Trinajstić information content (AvgIpc) is 2.91. The zero-order valence-electron chi connectivity index (χ0n) is 21.6. The molecule has 0 saturated heterocycles. The van der Waals surface area contributed by atoms with E-state index in [9.17, 15) is 27.6 Å². The molecule has 3 aromatic rings. The van der Waals surface area contributed by atoms with Crippen molar-refractivity contribution in [2.45, 2.75) is 39.7 Å². The van der Waals surface area contributed by atoms with E-state index in [1.165, 1.54) is 0 Å². The molecule has 6 N–H and O–H groups in total. The molecule has 2 heterocycles. The lowest BCUT2D eigenvalue weighted by atomic mass is 10.2. The van der Waals surface area contributed by atoms with E-state index in [2.05, 4.69) is 26.1 Å². The van der Waals surface area contributed by atoms with Gasteiger partial charge in [0.15, 0.2) is 5.15 Å². The highest BCUT2D eigenvalue weighted by Gasteiger charge is 2.38. The number of aromatic nitrogens is 3. The number of nitrogen functional groups attached to an aromatic ring is 1. The molecule has 3 rings (SSSR count). The Labute approximate surface area is 235 Å². The molecule has 13 nitrogen and oxygen atoms in total. The molecule has 17 heteroatoms. The number of carbonyl (C=O) groups excluding carboxylic acids is 2. The summed E-state index contributed by atoms with van der Waals surface area (Å²) in [6.07, 6.45) is -5.90. The number of pyridine rings is 1. The van der Waals surface area contributed by atoms with Gasteiger partial charge in [0.25, 0.3) is 5.56 Å². The second kappa shape index (κ2) is 14.5. The second-order valence-electron chi connectivity index (χ2n) is 8.10. The van der Waals surface area contributed by atoms with Crippen molar-refractivity contribution in [2.75, 3.05) is 11.2 Å². The minimum atomic E-state index is -5.08. The predicted octanol–water partition coefficient (Wildman–Crippen LogP) is 2.69. The average molecular weight is 600 g/mol. The van der Waals surface area contributed by atoms with Crippen molar-refractivity contribution in [2.24, 2.45) is 0 Å². The number of rotatable bonds is 8. The van der Waals surface area contributed by atoms with Gasteiger partial charge >= 0.3 is 18.2 Å². The number of nitrogens with two attached hydrogens (primary N) is 1. The van der Waals surface area contributed by atoms with E-state index in [1.54, 1.807) is 38.1 Å². The Kier molecular flexibility index (Phi) is 11.4. The van der Waals surface area contributed by atoms with Gasteiger partial charge in [0, 0.05) is 12.2 Å². The molecule has 0 atom stereocenters. The summed E-state index contributed by atoms with van der Waals surface area (Å²) in [5.74, 6) is -3.06. The number of amides is 2. The van der Waals surface area contributed by atoms with Crippen LogP contribution < -0.4 is 27.5 Å². The van der Waals surface area contributed by atoms with Crippen molar-refractivity contribution in [3.63, 3.8) is 0 Å². The quantitative estimate of drug-likeness (QED) is 0.241. The van der Waals surface area contributed by atoms with Crippen LogP contribution in [0, 0.1) is 13.8 Å². The van der Waals surface area contributed by atoms with Gasteiger partial charge in [-0.1, -0.05) is 48.0 Å². The number of aryl methyl sites for hydroxylation is 1. The molecule has 0 unspecified atom stereocenters. The van der Waals surface area contributed by atoms with Crippen LogP contribution in [0.3, 0.4) is 0 Å². The lowest BCUT2D eigenvalue weighted by Crippen LogP contribution is -2.38. The molecule has 1 aromatic carbocycles. The molecular formula is C24H25ClF3N7O6. The summed E-state index contributed by atoms with van der Waals surface area (Å²) in [5.41, 5.74) is 12.2. The molecular weight excluding hydrogens is 575 g/mol. The number of carbonyl (C=O) groups is 3. The van der Waals surface area contributed by atoms with Crippen LogP contribution in [0.5, 0.6) is 0 Å². The van der Waals surface area contributed by atoms with E-state index in [0.717, 1.165) is 15.7 Å².